The summed E-state index contributed by atoms with van der Waals surface area (Å²) in [5, 5.41) is 16.9. The Bertz CT molecular complexity index is 1040. The number of nitro benzene ring substituents is 1. The summed E-state index contributed by atoms with van der Waals surface area (Å²) in [5.41, 5.74) is 6.77. The van der Waals surface area contributed by atoms with Crippen LogP contribution in [0.1, 0.15) is 52.7 Å². The molecule has 0 bridgehead atoms. The fourth-order valence-electron chi connectivity index (χ4n) is 2.41. The first kappa shape index (κ1) is 29.2. The van der Waals surface area contributed by atoms with E-state index in [0.29, 0.717) is 22.8 Å². The summed E-state index contributed by atoms with van der Waals surface area (Å²) in [6.07, 6.45) is 0. The second-order valence-corrected chi connectivity index (χ2v) is 10.6. The molecule has 0 saturated heterocycles. The Balaban J connectivity index is 0.000000342. The molecule has 0 aliphatic carbocycles. The fraction of sp³-hybridized carbons (Fsp3) is 0.417. The van der Waals surface area contributed by atoms with Gasteiger partial charge in [0.15, 0.2) is 0 Å². The van der Waals surface area contributed by atoms with Gasteiger partial charge in [0.1, 0.15) is 5.02 Å². The molecular weight excluding hydrogens is 479 g/mol. The summed E-state index contributed by atoms with van der Waals surface area (Å²) < 4.78 is 0. The zero-order valence-electron chi connectivity index (χ0n) is 20.3. The zero-order chi connectivity index (χ0) is 26.3. The SMILES string of the molecule is CC(C)(C)C(=O)NCc1ccc(Cl)c(N)c1.CC(C)(C)C(=O)NCc1ccc(Cl)c([N+](=O)[O-])c1. The lowest BCUT2D eigenvalue weighted by molar-refractivity contribution is -0.384. The van der Waals surface area contributed by atoms with Crippen molar-refractivity contribution in [2.75, 3.05) is 5.73 Å². The average Bonchev–Trinajstić information content (AvgIpc) is 2.72. The van der Waals surface area contributed by atoms with Gasteiger partial charge in [0.05, 0.1) is 15.6 Å². The molecule has 0 aliphatic rings. The van der Waals surface area contributed by atoms with E-state index in [4.69, 9.17) is 28.9 Å². The molecule has 2 rings (SSSR count). The summed E-state index contributed by atoms with van der Waals surface area (Å²) in [6, 6.07) is 9.82. The number of rotatable bonds is 5. The molecule has 0 unspecified atom stereocenters. The maximum atomic E-state index is 11.7. The first-order valence-corrected chi connectivity index (χ1v) is 11.3. The van der Waals surface area contributed by atoms with Crippen LogP contribution in [0.4, 0.5) is 11.4 Å². The van der Waals surface area contributed by atoms with E-state index in [1.54, 1.807) is 39.0 Å². The first-order valence-electron chi connectivity index (χ1n) is 10.6. The molecular formula is C24H32Cl2N4O4. The molecule has 4 N–H and O–H groups in total. The third-order valence-electron chi connectivity index (χ3n) is 4.54. The molecule has 0 aromatic heterocycles. The molecule has 2 aromatic carbocycles. The van der Waals surface area contributed by atoms with Crippen LogP contribution in [0.5, 0.6) is 0 Å². The van der Waals surface area contributed by atoms with E-state index in [-0.39, 0.29) is 34.5 Å². The van der Waals surface area contributed by atoms with E-state index in [1.807, 2.05) is 26.8 Å². The number of nitrogens with one attached hydrogen (secondary N) is 2. The Morgan fingerprint density at radius 2 is 1.26 bits per heavy atom. The number of nitrogen functional groups attached to an aromatic ring is 1. The van der Waals surface area contributed by atoms with E-state index in [0.717, 1.165) is 5.56 Å². The number of carbonyl (C=O) groups is 2. The van der Waals surface area contributed by atoms with E-state index in [1.165, 1.54) is 12.1 Å². The van der Waals surface area contributed by atoms with Crippen LogP contribution >= 0.6 is 23.2 Å². The van der Waals surface area contributed by atoms with Crippen LogP contribution in [-0.4, -0.2) is 16.7 Å². The molecule has 0 atom stereocenters. The summed E-state index contributed by atoms with van der Waals surface area (Å²) in [5.74, 6) is -0.0962. The molecule has 0 saturated carbocycles. The quantitative estimate of drug-likeness (QED) is 0.278. The van der Waals surface area contributed by atoms with Gasteiger partial charge in [-0.2, -0.15) is 0 Å². The van der Waals surface area contributed by atoms with Crippen LogP contribution in [0.15, 0.2) is 36.4 Å². The number of carbonyl (C=O) groups excluding carboxylic acids is 2. The van der Waals surface area contributed by atoms with Gasteiger partial charge in [0.25, 0.3) is 5.69 Å². The van der Waals surface area contributed by atoms with Gasteiger partial charge in [-0.15, -0.1) is 0 Å². The lowest BCUT2D eigenvalue weighted by Crippen LogP contribution is -2.34. The molecule has 186 valence electrons. The standard InChI is InChI=1S/C12H15ClN2O3.C12H17ClN2O/c1-12(2,3)11(16)14-7-8-4-5-9(13)10(6-8)15(17)18;1-12(2,3)11(16)15-7-8-4-5-9(13)10(14)6-8/h4-6H,7H2,1-3H3,(H,14,16);4-6H,7,14H2,1-3H3,(H,15,16). The highest BCUT2D eigenvalue weighted by atomic mass is 35.5. The number of benzene rings is 2. The minimum absolute atomic E-state index is 0.0148. The molecule has 2 aromatic rings. The van der Waals surface area contributed by atoms with Gasteiger partial charge in [-0.05, 0) is 29.3 Å². The molecule has 0 radical (unpaired) electrons. The van der Waals surface area contributed by atoms with Gasteiger partial charge < -0.3 is 16.4 Å². The average molecular weight is 511 g/mol. The van der Waals surface area contributed by atoms with Crippen LogP contribution in [0.25, 0.3) is 0 Å². The lowest BCUT2D eigenvalue weighted by Gasteiger charge is -2.17. The maximum Gasteiger partial charge on any atom is 0.288 e. The molecule has 2 amide bonds. The van der Waals surface area contributed by atoms with Gasteiger partial charge in [0.2, 0.25) is 11.8 Å². The number of hydrogen-bond acceptors (Lipinski definition) is 5. The highest BCUT2D eigenvalue weighted by molar-refractivity contribution is 6.33. The molecule has 8 nitrogen and oxygen atoms in total. The van der Waals surface area contributed by atoms with E-state index < -0.39 is 10.3 Å². The van der Waals surface area contributed by atoms with E-state index >= 15 is 0 Å². The number of anilines is 1. The Kier molecular flexibility index (Phi) is 10.3. The Labute approximate surface area is 210 Å². The van der Waals surface area contributed by atoms with Crippen molar-refractivity contribution in [3.8, 4) is 0 Å². The van der Waals surface area contributed by atoms with Crippen molar-refractivity contribution in [3.05, 3.63) is 67.7 Å². The summed E-state index contributed by atoms with van der Waals surface area (Å²) in [4.78, 5) is 33.4. The Hall–Kier alpha value is -2.84. The molecule has 0 heterocycles. The molecule has 0 fully saturated rings. The van der Waals surface area contributed by atoms with Crippen LogP contribution in [0, 0.1) is 20.9 Å². The van der Waals surface area contributed by atoms with E-state index in [2.05, 4.69) is 10.6 Å². The third-order valence-corrected chi connectivity index (χ3v) is 5.20. The van der Waals surface area contributed by atoms with Crippen molar-refractivity contribution < 1.29 is 14.5 Å². The fourth-order valence-corrected chi connectivity index (χ4v) is 2.71. The zero-order valence-corrected chi connectivity index (χ0v) is 21.8. The second kappa shape index (κ2) is 12.0. The minimum Gasteiger partial charge on any atom is -0.398 e. The number of nitrogens with two attached hydrogens (primary N) is 1. The molecule has 34 heavy (non-hydrogen) atoms. The topological polar surface area (TPSA) is 127 Å². The van der Waals surface area contributed by atoms with E-state index in [9.17, 15) is 19.7 Å². The largest absolute Gasteiger partial charge is 0.398 e. The van der Waals surface area contributed by atoms with Gasteiger partial charge >= 0.3 is 0 Å². The summed E-state index contributed by atoms with van der Waals surface area (Å²) >= 11 is 11.5. The minimum atomic E-state index is -0.544. The Morgan fingerprint density at radius 3 is 1.65 bits per heavy atom. The van der Waals surface area contributed by atoms with Gasteiger partial charge in [-0.3, -0.25) is 19.7 Å². The normalized spacial score (nSPS) is 11.2. The van der Waals surface area contributed by atoms with Crippen LogP contribution in [0.3, 0.4) is 0 Å². The van der Waals surface area contributed by atoms with Crippen LogP contribution < -0.4 is 16.4 Å². The predicted molar refractivity (Wildman–Crippen MR) is 137 cm³/mol. The van der Waals surface area contributed by atoms with Crippen molar-refractivity contribution in [2.24, 2.45) is 10.8 Å². The Morgan fingerprint density at radius 1 is 0.853 bits per heavy atom. The van der Waals surface area contributed by atoms with Gasteiger partial charge in [-0.25, -0.2) is 0 Å². The number of amides is 2. The molecule has 0 aliphatic heterocycles. The van der Waals surface area contributed by atoms with Crippen molar-refractivity contribution >= 4 is 46.4 Å². The highest BCUT2D eigenvalue weighted by Gasteiger charge is 2.21. The lowest BCUT2D eigenvalue weighted by atomic mass is 9.95. The molecule has 0 spiro atoms. The number of halogens is 2. The highest BCUT2D eigenvalue weighted by Crippen LogP contribution is 2.25. The monoisotopic (exact) mass is 510 g/mol. The number of hydrogen-bond donors (Lipinski definition) is 3. The summed E-state index contributed by atoms with van der Waals surface area (Å²) in [6.45, 7) is 11.7. The number of nitro groups is 1. The third kappa shape index (κ3) is 9.57. The smallest absolute Gasteiger partial charge is 0.288 e. The van der Waals surface area contributed by atoms with Crippen molar-refractivity contribution in [1.82, 2.24) is 10.6 Å². The van der Waals surface area contributed by atoms with Crippen LogP contribution in [-0.2, 0) is 22.7 Å². The molecule has 10 heteroatoms. The van der Waals surface area contributed by atoms with Crippen molar-refractivity contribution in [2.45, 2.75) is 54.6 Å². The first-order chi connectivity index (χ1) is 15.5. The predicted octanol–water partition coefficient (Wildman–Crippen LogP) is 5.50. The maximum absolute atomic E-state index is 11.7. The van der Waals surface area contributed by atoms with Crippen LogP contribution in [0.2, 0.25) is 10.0 Å². The van der Waals surface area contributed by atoms with Crippen molar-refractivity contribution in [3.63, 3.8) is 0 Å². The second-order valence-electron chi connectivity index (χ2n) is 9.76. The van der Waals surface area contributed by atoms with Gasteiger partial charge in [-0.1, -0.05) is 76.9 Å². The van der Waals surface area contributed by atoms with Crippen molar-refractivity contribution in [1.29, 1.82) is 0 Å². The summed E-state index contributed by atoms with van der Waals surface area (Å²) in [7, 11) is 0. The number of nitrogens with zero attached hydrogens (tertiary/aromatic N) is 1. The van der Waals surface area contributed by atoms with Gasteiger partial charge in [0, 0.05) is 30.0 Å².